The fourth-order valence-corrected chi connectivity index (χ4v) is 1.85. The third kappa shape index (κ3) is 2.37. The molecule has 96 valence electrons. The van der Waals surface area contributed by atoms with Crippen LogP contribution in [-0.2, 0) is 9.59 Å². The molecule has 0 unspecified atom stereocenters. The normalized spacial score (nSPS) is 15.3. The molecule has 1 heterocycles. The number of rotatable bonds is 3. The maximum atomic E-state index is 11.3. The molecule has 1 aliphatic rings. The zero-order valence-electron chi connectivity index (χ0n) is 10.2. The van der Waals surface area contributed by atoms with Crippen LogP contribution in [0.3, 0.4) is 0 Å². The first-order valence-electron chi connectivity index (χ1n) is 5.43. The summed E-state index contributed by atoms with van der Waals surface area (Å²) < 4.78 is 10.3. The van der Waals surface area contributed by atoms with E-state index >= 15 is 0 Å². The molecule has 1 N–H and O–H groups in total. The Morgan fingerprint density at radius 3 is 2.33 bits per heavy atom. The molecule has 1 aromatic carbocycles. The van der Waals surface area contributed by atoms with Gasteiger partial charge in [0.1, 0.15) is 11.5 Å². The van der Waals surface area contributed by atoms with Gasteiger partial charge in [-0.25, -0.2) is 0 Å². The van der Waals surface area contributed by atoms with E-state index in [-0.39, 0.29) is 24.9 Å². The zero-order valence-corrected chi connectivity index (χ0v) is 10.2. The minimum atomic E-state index is -0.316. The average Bonchev–Trinajstić information content (AvgIpc) is 2.36. The van der Waals surface area contributed by atoms with E-state index in [2.05, 4.69) is 5.32 Å². The van der Waals surface area contributed by atoms with Crippen molar-refractivity contribution in [1.29, 1.82) is 0 Å². The molecule has 1 fully saturated rings. The predicted octanol–water partition coefficient (Wildman–Crippen LogP) is 0.167. The standard InChI is InChI=1S/C12H14N2O4/c1-17-8-3-4-9(10(5-8)18-2)14-6-11(15)13-12(16)7-14/h3-5H,6-7H2,1-2H3,(H,13,15,16). The Hall–Kier alpha value is -2.24. The molecule has 0 aliphatic carbocycles. The molecule has 2 rings (SSSR count). The number of carbonyl (C=O) groups is 2. The molecule has 0 atom stereocenters. The number of piperazine rings is 1. The fraction of sp³-hybridized carbons (Fsp3) is 0.333. The van der Waals surface area contributed by atoms with Crippen LogP contribution >= 0.6 is 0 Å². The number of methoxy groups -OCH3 is 2. The molecule has 0 bridgehead atoms. The van der Waals surface area contributed by atoms with Crippen molar-refractivity contribution in [3.8, 4) is 11.5 Å². The lowest BCUT2D eigenvalue weighted by Crippen LogP contribution is -2.51. The molecule has 6 heteroatoms. The fourth-order valence-electron chi connectivity index (χ4n) is 1.85. The molecule has 6 nitrogen and oxygen atoms in total. The van der Waals surface area contributed by atoms with Crippen molar-refractivity contribution in [2.45, 2.75) is 0 Å². The Morgan fingerprint density at radius 1 is 1.11 bits per heavy atom. The summed E-state index contributed by atoms with van der Waals surface area (Å²) in [6, 6.07) is 5.24. The summed E-state index contributed by atoms with van der Waals surface area (Å²) in [5.74, 6) is 0.591. The second-order valence-corrected chi connectivity index (χ2v) is 3.87. The number of imide groups is 1. The first-order valence-corrected chi connectivity index (χ1v) is 5.43. The van der Waals surface area contributed by atoms with Gasteiger partial charge in [-0.15, -0.1) is 0 Å². The minimum absolute atomic E-state index is 0.133. The maximum Gasteiger partial charge on any atom is 0.246 e. The van der Waals surface area contributed by atoms with Gasteiger partial charge in [0.15, 0.2) is 0 Å². The SMILES string of the molecule is COc1ccc(N2CC(=O)NC(=O)C2)c(OC)c1. The highest BCUT2D eigenvalue weighted by Gasteiger charge is 2.24. The Labute approximate surface area is 104 Å². The molecule has 0 radical (unpaired) electrons. The number of benzene rings is 1. The second kappa shape index (κ2) is 4.95. The summed E-state index contributed by atoms with van der Waals surface area (Å²) in [4.78, 5) is 24.3. The number of hydrogen-bond donors (Lipinski definition) is 1. The first kappa shape index (κ1) is 12.2. The van der Waals surface area contributed by atoms with Crippen LogP contribution in [0.1, 0.15) is 0 Å². The summed E-state index contributed by atoms with van der Waals surface area (Å²) in [6.45, 7) is 0.267. The van der Waals surface area contributed by atoms with E-state index in [9.17, 15) is 9.59 Å². The van der Waals surface area contributed by atoms with E-state index in [1.807, 2.05) is 0 Å². The number of amides is 2. The Kier molecular flexibility index (Phi) is 3.36. The van der Waals surface area contributed by atoms with E-state index in [0.717, 1.165) is 0 Å². The quantitative estimate of drug-likeness (QED) is 0.774. The Balaban J connectivity index is 2.32. The first-order chi connectivity index (χ1) is 8.63. The summed E-state index contributed by atoms with van der Waals surface area (Å²) in [5, 5.41) is 2.25. The van der Waals surface area contributed by atoms with Gasteiger partial charge in [0.25, 0.3) is 0 Å². The lowest BCUT2D eigenvalue weighted by molar-refractivity contribution is -0.130. The highest BCUT2D eigenvalue weighted by molar-refractivity contribution is 6.03. The molecule has 2 amide bonds. The molecule has 18 heavy (non-hydrogen) atoms. The van der Waals surface area contributed by atoms with Gasteiger partial charge in [-0.2, -0.15) is 0 Å². The van der Waals surface area contributed by atoms with E-state index in [4.69, 9.17) is 9.47 Å². The molecule has 1 aliphatic heterocycles. The zero-order chi connectivity index (χ0) is 13.1. The molecule has 1 aromatic rings. The lowest BCUT2D eigenvalue weighted by Gasteiger charge is -2.28. The van der Waals surface area contributed by atoms with Gasteiger partial charge in [0, 0.05) is 6.07 Å². The van der Waals surface area contributed by atoms with E-state index in [1.165, 1.54) is 7.11 Å². The number of nitrogens with one attached hydrogen (secondary N) is 1. The molecule has 1 saturated heterocycles. The predicted molar refractivity (Wildman–Crippen MR) is 64.9 cm³/mol. The van der Waals surface area contributed by atoms with E-state index in [0.29, 0.717) is 17.2 Å². The van der Waals surface area contributed by atoms with Gasteiger partial charge in [0.05, 0.1) is 33.0 Å². The number of carbonyl (C=O) groups excluding carboxylic acids is 2. The molecule has 0 spiro atoms. The van der Waals surface area contributed by atoms with Crippen molar-refractivity contribution in [3.63, 3.8) is 0 Å². The molecule has 0 aromatic heterocycles. The minimum Gasteiger partial charge on any atom is -0.497 e. The van der Waals surface area contributed by atoms with Gasteiger partial charge in [0.2, 0.25) is 11.8 Å². The van der Waals surface area contributed by atoms with Crippen molar-refractivity contribution in [1.82, 2.24) is 5.32 Å². The van der Waals surface area contributed by atoms with Gasteiger partial charge >= 0.3 is 0 Å². The van der Waals surface area contributed by atoms with Crippen molar-refractivity contribution < 1.29 is 19.1 Å². The van der Waals surface area contributed by atoms with E-state index < -0.39 is 0 Å². The summed E-state index contributed by atoms with van der Waals surface area (Å²) >= 11 is 0. The Bertz CT molecular complexity index is 471. The third-order valence-electron chi connectivity index (χ3n) is 2.68. The largest absolute Gasteiger partial charge is 0.497 e. The monoisotopic (exact) mass is 250 g/mol. The highest BCUT2D eigenvalue weighted by atomic mass is 16.5. The molecule has 0 saturated carbocycles. The van der Waals surface area contributed by atoms with Gasteiger partial charge < -0.3 is 14.4 Å². The lowest BCUT2D eigenvalue weighted by atomic mass is 10.2. The number of anilines is 1. The summed E-state index contributed by atoms with van der Waals surface area (Å²) in [5.41, 5.74) is 0.696. The Morgan fingerprint density at radius 2 is 1.78 bits per heavy atom. The van der Waals surface area contributed by atoms with Crippen LogP contribution in [0.4, 0.5) is 5.69 Å². The third-order valence-corrected chi connectivity index (χ3v) is 2.68. The highest BCUT2D eigenvalue weighted by Crippen LogP contribution is 2.32. The van der Waals surface area contributed by atoms with Gasteiger partial charge in [-0.1, -0.05) is 0 Å². The van der Waals surface area contributed by atoms with Crippen LogP contribution in [-0.4, -0.2) is 39.1 Å². The topological polar surface area (TPSA) is 67.9 Å². The van der Waals surface area contributed by atoms with E-state index in [1.54, 1.807) is 30.2 Å². The maximum absolute atomic E-state index is 11.3. The smallest absolute Gasteiger partial charge is 0.246 e. The van der Waals surface area contributed by atoms with Crippen LogP contribution in [0.5, 0.6) is 11.5 Å². The van der Waals surface area contributed by atoms with Gasteiger partial charge in [-0.05, 0) is 12.1 Å². The van der Waals surface area contributed by atoms with Crippen LogP contribution < -0.4 is 19.7 Å². The van der Waals surface area contributed by atoms with Crippen LogP contribution in [0.2, 0.25) is 0 Å². The summed E-state index contributed by atoms with van der Waals surface area (Å²) in [6.07, 6.45) is 0. The van der Waals surface area contributed by atoms with Crippen LogP contribution in [0.25, 0.3) is 0 Å². The molecular weight excluding hydrogens is 236 g/mol. The van der Waals surface area contributed by atoms with Crippen molar-refractivity contribution in [2.24, 2.45) is 0 Å². The van der Waals surface area contributed by atoms with Crippen LogP contribution in [0, 0.1) is 0 Å². The average molecular weight is 250 g/mol. The van der Waals surface area contributed by atoms with Crippen LogP contribution in [0.15, 0.2) is 18.2 Å². The number of ether oxygens (including phenoxy) is 2. The second-order valence-electron chi connectivity index (χ2n) is 3.87. The van der Waals surface area contributed by atoms with Crippen molar-refractivity contribution in [2.75, 3.05) is 32.2 Å². The van der Waals surface area contributed by atoms with Crippen molar-refractivity contribution in [3.05, 3.63) is 18.2 Å². The number of nitrogens with zero attached hydrogens (tertiary/aromatic N) is 1. The van der Waals surface area contributed by atoms with Gasteiger partial charge in [-0.3, -0.25) is 14.9 Å². The summed E-state index contributed by atoms with van der Waals surface area (Å²) in [7, 11) is 3.09. The number of hydrogen-bond acceptors (Lipinski definition) is 5. The molecular formula is C12H14N2O4. The van der Waals surface area contributed by atoms with Crippen molar-refractivity contribution >= 4 is 17.5 Å².